The van der Waals surface area contributed by atoms with Crippen LogP contribution < -0.4 is 0 Å². The van der Waals surface area contributed by atoms with Crippen molar-refractivity contribution >= 4 is 0 Å². The van der Waals surface area contributed by atoms with Gasteiger partial charge in [0, 0.05) is 33.4 Å². The Hall–Kier alpha value is -0.160. The summed E-state index contributed by atoms with van der Waals surface area (Å²) in [6.45, 7) is 5.13. The van der Waals surface area contributed by atoms with Crippen LogP contribution in [0, 0.1) is 0 Å². The van der Waals surface area contributed by atoms with Gasteiger partial charge in [-0.3, -0.25) is 4.90 Å². The van der Waals surface area contributed by atoms with Crippen molar-refractivity contribution in [2.24, 2.45) is 0 Å². The molecule has 1 aliphatic rings. The summed E-state index contributed by atoms with van der Waals surface area (Å²) in [5.41, 5.74) is 0. The number of piperidine rings is 1. The molecule has 0 amide bonds. The van der Waals surface area contributed by atoms with Crippen molar-refractivity contribution in [1.29, 1.82) is 0 Å². The first kappa shape index (κ1) is 12.9. The van der Waals surface area contributed by atoms with E-state index in [4.69, 9.17) is 9.47 Å². The summed E-state index contributed by atoms with van der Waals surface area (Å²) in [4.78, 5) is 2.27. The van der Waals surface area contributed by atoms with Crippen LogP contribution in [0.1, 0.15) is 19.3 Å². The molecular weight excluding hydrogens is 194 g/mol. The van der Waals surface area contributed by atoms with Gasteiger partial charge in [-0.2, -0.15) is 0 Å². The molecule has 1 rings (SSSR count). The van der Waals surface area contributed by atoms with Crippen molar-refractivity contribution in [2.45, 2.75) is 25.4 Å². The summed E-state index contributed by atoms with van der Waals surface area (Å²) in [7, 11) is 1.70. The Kier molecular flexibility index (Phi) is 6.92. The summed E-state index contributed by atoms with van der Waals surface area (Å²) in [5, 5.41) is 9.45. The number of rotatable bonds is 7. The van der Waals surface area contributed by atoms with E-state index in [9.17, 15) is 5.11 Å². The van der Waals surface area contributed by atoms with Gasteiger partial charge in [0.1, 0.15) is 0 Å². The first-order valence-corrected chi connectivity index (χ1v) is 5.80. The number of aliphatic hydroxyl groups is 1. The van der Waals surface area contributed by atoms with Crippen LogP contribution in [0.3, 0.4) is 0 Å². The molecule has 1 aliphatic heterocycles. The van der Waals surface area contributed by atoms with Crippen molar-refractivity contribution in [3.05, 3.63) is 0 Å². The molecule has 1 atom stereocenters. The van der Waals surface area contributed by atoms with Crippen LogP contribution >= 0.6 is 0 Å². The number of methoxy groups -OCH3 is 1. The maximum absolute atomic E-state index is 9.45. The molecule has 4 heteroatoms. The van der Waals surface area contributed by atoms with Crippen LogP contribution in [0.15, 0.2) is 0 Å². The van der Waals surface area contributed by atoms with E-state index in [0.717, 1.165) is 58.7 Å². The smallest absolute Gasteiger partial charge is 0.0667 e. The third-order valence-electron chi connectivity index (χ3n) is 2.67. The van der Waals surface area contributed by atoms with Gasteiger partial charge in [-0.25, -0.2) is 0 Å². The molecule has 0 radical (unpaired) electrons. The second-order valence-electron chi connectivity index (χ2n) is 4.06. The van der Waals surface area contributed by atoms with Crippen molar-refractivity contribution in [1.82, 2.24) is 4.90 Å². The zero-order valence-electron chi connectivity index (χ0n) is 9.65. The lowest BCUT2D eigenvalue weighted by Crippen LogP contribution is -2.40. The van der Waals surface area contributed by atoms with Gasteiger partial charge in [-0.05, 0) is 25.8 Å². The van der Waals surface area contributed by atoms with E-state index < -0.39 is 0 Å². The van der Waals surface area contributed by atoms with Gasteiger partial charge in [-0.1, -0.05) is 0 Å². The Balaban J connectivity index is 1.90. The molecule has 90 valence electrons. The highest BCUT2D eigenvalue weighted by atomic mass is 16.5. The number of likely N-dealkylation sites (tertiary alicyclic amines) is 1. The SMILES string of the molecule is COCCCOCCN1CCCC(O)C1. The molecule has 1 saturated heterocycles. The minimum Gasteiger partial charge on any atom is -0.392 e. The molecule has 0 spiro atoms. The lowest BCUT2D eigenvalue weighted by atomic mass is 10.1. The number of nitrogens with zero attached hydrogens (tertiary/aromatic N) is 1. The maximum atomic E-state index is 9.45. The third kappa shape index (κ3) is 6.10. The Morgan fingerprint density at radius 1 is 1.33 bits per heavy atom. The predicted octanol–water partition coefficient (Wildman–Crippen LogP) is 0.496. The van der Waals surface area contributed by atoms with E-state index in [1.807, 2.05) is 0 Å². The number of hydrogen-bond donors (Lipinski definition) is 1. The van der Waals surface area contributed by atoms with Crippen LogP contribution in [0.5, 0.6) is 0 Å². The second kappa shape index (κ2) is 8.05. The fraction of sp³-hybridized carbons (Fsp3) is 1.00. The van der Waals surface area contributed by atoms with E-state index in [-0.39, 0.29) is 6.10 Å². The van der Waals surface area contributed by atoms with Gasteiger partial charge in [0.15, 0.2) is 0 Å². The molecule has 0 aromatic heterocycles. The maximum Gasteiger partial charge on any atom is 0.0667 e. The van der Waals surface area contributed by atoms with Crippen LogP contribution in [-0.4, -0.2) is 62.7 Å². The average Bonchev–Trinajstić information content (AvgIpc) is 2.23. The van der Waals surface area contributed by atoms with Crippen molar-refractivity contribution in [3.8, 4) is 0 Å². The summed E-state index contributed by atoms with van der Waals surface area (Å²) < 4.78 is 10.4. The second-order valence-corrected chi connectivity index (χ2v) is 4.06. The molecule has 1 unspecified atom stereocenters. The molecule has 1 heterocycles. The van der Waals surface area contributed by atoms with Gasteiger partial charge in [0.05, 0.1) is 12.7 Å². The van der Waals surface area contributed by atoms with E-state index in [2.05, 4.69) is 4.90 Å². The van der Waals surface area contributed by atoms with Gasteiger partial charge < -0.3 is 14.6 Å². The highest BCUT2D eigenvalue weighted by molar-refractivity contribution is 4.71. The zero-order chi connectivity index (χ0) is 10.9. The predicted molar refractivity (Wildman–Crippen MR) is 59.0 cm³/mol. The fourth-order valence-corrected chi connectivity index (χ4v) is 1.84. The van der Waals surface area contributed by atoms with Gasteiger partial charge in [-0.15, -0.1) is 0 Å². The molecule has 0 saturated carbocycles. The summed E-state index contributed by atoms with van der Waals surface area (Å²) in [6, 6.07) is 0. The normalized spacial score (nSPS) is 23.2. The Morgan fingerprint density at radius 3 is 2.93 bits per heavy atom. The lowest BCUT2D eigenvalue weighted by Gasteiger charge is -2.29. The molecule has 0 aromatic rings. The van der Waals surface area contributed by atoms with Crippen LogP contribution in [-0.2, 0) is 9.47 Å². The number of β-amino-alcohol motifs (C(OH)–C–C–N with tert-alkyl or cyclic N) is 1. The molecular formula is C11H23NO3. The Labute approximate surface area is 92.2 Å². The van der Waals surface area contributed by atoms with Crippen LogP contribution in [0.4, 0.5) is 0 Å². The molecule has 4 nitrogen and oxygen atoms in total. The fourth-order valence-electron chi connectivity index (χ4n) is 1.84. The summed E-state index contributed by atoms with van der Waals surface area (Å²) in [5.74, 6) is 0. The van der Waals surface area contributed by atoms with Crippen LogP contribution in [0.25, 0.3) is 0 Å². The van der Waals surface area contributed by atoms with Crippen molar-refractivity contribution in [2.75, 3.05) is 46.6 Å². The van der Waals surface area contributed by atoms with Crippen LogP contribution in [0.2, 0.25) is 0 Å². The van der Waals surface area contributed by atoms with E-state index in [0.29, 0.717) is 0 Å². The molecule has 1 N–H and O–H groups in total. The molecule has 15 heavy (non-hydrogen) atoms. The highest BCUT2D eigenvalue weighted by Crippen LogP contribution is 2.08. The van der Waals surface area contributed by atoms with Gasteiger partial charge in [0.25, 0.3) is 0 Å². The molecule has 0 aliphatic carbocycles. The van der Waals surface area contributed by atoms with E-state index >= 15 is 0 Å². The largest absolute Gasteiger partial charge is 0.392 e. The first-order valence-electron chi connectivity index (χ1n) is 5.80. The third-order valence-corrected chi connectivity index (χ3v) is 2.67. The number of aliphatic hydroxyl groups excluding tert-OH is 1. The summed E-state index contributed by atoms with van der Waals surface area (Å²) in [6.07, 6.45) is 2.88. The first-order chi connectivity index (χ1) is 7.33. The zero-order valence-corrected chi connectivity index (χ0v) is 9.65. The lowest BCUT2D eigenvalue weighted by molar-refractivity contribution is 0.0409. The minimum atomic E-state index is -0.132. The van der Waals surface area contributed by atoms with Crippen molar-refractivity contribution < 1.29 is 14.6 Å². The standard InChI is InChI=1S/C11H23NO3/c1-14-7-3-8-15-9-6-12-5-2-4-11(13)10-12/h11,13H,2-10H2,1H3. The van der Waals surface area contributed by atoms with Crippen molar-refractivity contribution in [3.63, 3.8) is 0 Å². The minimum absolute atomic E-state index is 0.132. The Bertz CT molecular complexity index is 155. The molecule has 0 aromatic carbocycles. The monoisotopic (exact) mass is 217 g/mol. The highest BCUT2D eigenvalue weighted by Gasteiger charge is 2.16. The average molecular weight is 217 g/mol. The quantitative estimate of drug-likeness (QED) is 0.630. The topological polar surface area (TPSA) is 41.9 Å². The molecule has 1 fully saturated rings. The molecule has 0 bridgehead atoms. The number of hydrogen-bond acceptors (Lipinski definition) is 4. The van der Waals surface area contributed by atoms with E-state index in [1.54, 1.807) is 7.11 Å². The van der Waals surface area contributed by atoms with E-state index in [1.165, 1.54) is 0 Å². The number of ether oxygens (including phenoxy) is 2. The summed E-state index contributed by atoms with van der Waals surface area (Å²) >= 11 is 0. The Morgan fingerprint density at radius 2 is 2.20 bits per heavy atom. The van der Waals surface area contributed by atoms with Gasteiger partial charge in [0.2, 0.25) is 0 Å². The van der Waals surface area contributed by atoms with Gasteiger partial charge >= 0.3 is 0 Å².